The van der Waals surface area contributed by atoms with E-state index in [4.69, 9.17) is 10.5 Å². The topological polar surface area (TPSA) is 92.0 Å². The van der Waals surface area contributed by atoms with Gasteiger partial charge in [-0.2, -0.15) is 5.10 Å². The molecule has 3 aromatic rings. The summed E-state index contributed by atoms with van der Waals surface area (Å²) < 4.78 is 12.1. The number of ether oxygens (including phenoxy) is 1. The van der Waals surface area contributed by atoms with E-state index in [2.05, 4.69) is 20.0 Å². The molecule has 7 nitrogen and oxygen atoms in total. The van der Waals surface area contributed by atoms with Crippen molar-refractivity contribution in [3.8, 4) is 11.6 Å². The van der Waals surface area contributed by atoms with Gasteiger partial charge >= 0.3 is 0 Å². The minimum atomic E-state index is 0.492. The first-order chi connectivity index (χ1) is 8.65. The van der Waals surface area contributed by atoms with E-state index in [1.807, 2.05) is 13.0 Å². The molecule has 0 aliphatic rings. The van der Waals surface area contributed by atoms with E-state index >= 15 is 0 Å². The molecule has 0 saturated heterocycles. The van der Waals surface area contributed by atoms with Crippen molar-refractivity contribution in [2.75, 3.05) is 5.73 Å². The molecule has 0 fully saturated rings. The van der Waals surface area contributed by atoms with Crippen LogP contribution >= 0.6 is 0 Å². The van der Waals surface area contributed by atoms with Gasteiger partial charge in [-0.25, -0.2) is 9.31 Å². The smallest absolute Gasteiger partial charge is 0.217 e. The van der Waals surface area contributed by atoms with Crippen molar-refractivity contribution in [1.29, 1.82) is 0 Å². The zero-order chi connectivity index (χ0) is 12.7. The predicted molar refractivity (Wildman–Crippen MR) is 64.2 cm³/mol. The van der Waals surface area contributed by atoms with Gasteiger partial charge in [-0.1, -0.05) is 0 Å². The van der Waals surface area contributed by atoms with Gasteiger partial charge in [0.15, 0.2) is 16.8 Å². The van der Waals surface area contributed by atoms with E-state index in [1.54, 1.807) is 23.9 Å². The van der Waals surface area contributed by atoms with Crippen molar-refractivity contribution in [3.05, 3.63) is 23.9 Å². The Balaban J connectivity index is 2.08. The third-order valence-electron chi connectivity index (χ3n) is 2.58. The van der Waals surface area contributed by atoms with E-state index in [9.17, 15) is 0 Å². The van der Waals surface area contributed by atoms with Crippen LogP contribution in [0.2, 0.25) is 0 Å². The lowest BCUT2D eigenvalue weighted by Gasteiger charge is -2.05. The fraction of sp³-hybridized carbons (Fsp3) is 0.182. The van der Waals surface area contributed by atoms with Crippen LogP contribution in [0.5, 0.6) is 11.6 Å². The zero-order valence-corrected chi connectivity index (χ0v) is 9.91. The number of nitrogens with two attached hydrogens (primary N) is 1. The van der Waals surface area contributed by atoms with Crippen LogP contribution in [-0.2, 0) is 7.05 Å². The molecule has 0 saturated carbocycles. The molecule has 3 rings (SSSR count). The van der Waals surface area contributed by atoms with Crippen molar-refractivity contribution in [1.82, 2.24) is 20.1 Å². The van der Waals surface area contributed by atoms with E-state index in [0.717, 1.165) is 5.69 Å². The summed E-state index contributed by atoms with van der Waals surface area (Å²) in [6, 6.07) is 5.25. The number of rotatable bonds is 2. The highest BCUT2D eigenvalue weighted by molar-refractivity contribution is 5.90. The number of fused-ring (bicyclic) bond motifs is 1. The molecule has 2 N–H and O–H groups in total. The first kappa shape index (κ1) is 10.6. The quantitative estimate of drug-likeness (QED) is 0.690. The molecular weight excluding hydrogens is 234 g/mol. The van der Waals surface area contributed by atoms with Crippen LogP contribution in [0.15, 0.2) is 22.8 Å². The summed E-state index contributed by atoms with van der Waals surface area (Å²) in [5.41, 5.74) is 8.12. The summed E-state index contributed by atoms with van der Waals surface area (Å²) in [4.78, 5) is 0. The lowest BCUT2D eigenvalue weighted by atomic mass is 10.2. The van der Waals surface area contributed by atoms with Gasteiger partial charge < -0.3 is 10.5 Å². The third kappa shape index (κ3) is 1.56. The number of nitrogen functional groups attached to an aromatic ring is 1. The molecular formula is C11H11N5O2. The molecule has 0 aliphatic carbocycles. The number of nitrogens with zero attached hydrogens (tertiary/aromatic N) is 4. The summed E-state index contributed by atoms with van der Waals surface area (Å²) in [6.45, 7) is 1.89. The molecule has 0 radical (unpaired) electrons. The summed E-state index contributed by atoms with van der Waals surface area (Å²) >= 11 is 0. The molecule has 92 valence electrons. The van der Waals surface area contributed by atoms with Gasteiger partial charge in [-0.3, -0.25) is 0 Å². The molecule has 7 heteroatoms. The molecule has 0 amide bonds. The largest absolute Gasteiger partial charge is 0.437 e. The Kier molecular flexibility index (Phi) is 2.19. The Morgan fingerprint density at radius 3 is 2.78 bits per heavy atom. The molecule has 0 atom stereocenters. The summed E-state index contributed by atoms with van der Waals surface area (Å²) in [7, 11) is 1.80. The molecule has 0 bridgehead atoms. The van der Waals surface area contributed by atoms with Crippen LogP contribution in [0.4, 0.5) is 5.69 Å². The minimum absolute atomic E-state index is 0.492. The maximum absolute atomic E-state index is 5.76. The highest BCUT2D eigenvalue weighted by atomic mass is 16.6. The Labute approximate surface area is 102 Å². The second-order valence-electron chi connectivity index (χ2n) is 3.96. The molecule has 0 spiro atoms. The highest BCUT2D eigenvalue weighted by Gasteiger charge is 2.13. The number of benzene rings is 1. The third-order valence-corrected chi connectivity index (χ3v) is 2.58. The van der Waals surface area contributed by atoms with Gasteiger partial charge in [0.2, 0.25) is 5.88 Å². The minimum Gasteiger partial charge on any atom is -0.437 e. The zero-order valence-electron chi connectivity index (χ0n) is 9.91. The average molecular weight is 245 g/mol. The van der Waals surface area contributed by atoms with E-state index < -0.39 is 0 Å². The van der Waals surface area contributed by atoms with Gasteiger partial charge in [0, 0.05) is 13.1 Å². The highest BCUT2D eigenvalue weighted by Crippen LogP contribution is 2.30. The first-order valence-corrected chi connectivity index (χ1v) is 5.34. The number of hydrogen-bond donors (Lipinski definition) is 1. The SMILES string of the molecule is Cc1cc(Oc2ccc(N)c3nonc23)n(C)n1. The number of aryl methyl sites for hydroxylation is 2. The summed E-state index contributed by atoms with van der Waals surface area (Å²) in [5, 5.41) is 11.7. The normalized spacial score (nSPS) is 11.0. The van der Waals surface area contributed by atoms with Crippen molar-refractivity contribution in [2.45, 2.75) is 6.92 Å². The van der Waals surface area contributed by atoms with Crippen LogP contribution in [-0.4, -0.2) is 20.1 Å². The fourth-order valence-electron chi connectivity index (χ4n) is 1.74. The average Bonchev–Trinajstić information content (AvgIpc) is 2.91. The van der Waals surface area contributed by atoms with Gasteiger partial charge in [0.1, 0.15) is 0 Å². The maximum atomic E-state index is 5.76. The molecule has 2 aromatic heterocycles. The van der Waals surface area contributed by atoms with Crippen molar-refractivity contribution >= 4 is 16.7 Å². The monoisotopic (exact) mass is 245 g/mol. The Morgan fingerprint density at radius 2 is 2.06 bits per heavy atom. The van der Waals surface area contributed by atoms with Gasteiger partial charge in [-0.15, -0.1) is 0 Å². The Hall–Kier alpha value is -2.57. The number of anilines is 1. The lowest BCUT2D eigenvalue weighted by Crippen LogP contribution is -1.96. The Bertz CT molecular complexity index is 715. The van der Waals surface area contributed by atoms with E-state index in [1.165, 1.54) is 0 Å². The van der Waals surface area contributed by atoms with Crippen LogP contribution in [0.1, 0.15) is 5.69 Å². The van der Waals surface area contributed by atoms with Crippen molar-refractivity contribution in [3.63, 3.8) is 0 Å². The van der Waals surface area contributed by atoms with Gasteiger partial charge in [0.25, 0.3) is 0 Å². The van der Waals surface area contributed by atoms with Gasteiger partial charge in [-0.05, 0) is 29.4 Å². The Morgan fingerprint density at radius 1 is 1.28 bits per heavy atom. The molecule has 2 heterocycles. The molecule has 18 heavy (non-hydrogen) atoms. The van der Waals surface area contributed by atoms with E-state index in [0.29, 0.717) is 28.4 Å². The van der Waals surface area contributed by atoms with Crippen molar-refractivity contribution < 1.29 is 9.37 Å². The van der Waals surface area contributed by atoms with Gasteiger partial charge in [0.05, 0.1) is 11.4 Å². The summed E-state index contributed by atoms with van der Waals surface area (Å²) in [6.07, 6.45) is 0. The first-order valence-electron chi connectivity index (χ1n) is 5.34. The molecule has 0 aliphatic heterocycles. The maximum Gasteiger partial charge on any atom is 0.217 e. The lowest BCUT2D eigenvalue weighted by molar-refractivity contribution is 0.314. The van der Waals surface area contributed by atoms with E-state index in [-0.39, 0.29) is 0 Å². The predicted octanol–water partition coefficient (Wildman–Crippen LogP) is 1.64. The van der Waals surface area contributed by atoms with Crippen LogP contribution in [0, 0.1) is 6.92 Å². The van der Waals surface area contributed by atoms with Crippen LogP contribution < -0.4 is 10.5 Å². The molecule has 0 unspecified atom stereocenters. The fourth-order valence-corrected chi connectivity index (χ4v) is 1.74. The second kappa shape index (κ2) is 3.73. The van der Waals surface area contributed by atoms with Crippen LogP contribution in [0.25, 0.3) is 11.0 Å². The number of aromatic nitrogens is 4. The summed E-state index contributed by atoms with van der Waals surface area (Å²) in [5.74, 6) is 1.14. The second-order valence-corrected chi connectivity index (χ2v) is 3.96. The standard InChI is InChI=1S/C11H11N5O2/c1-6-5-9(16(2)13-6)17-8-4-3-7(12)10-11(8)15-18-14-10/h3-5H,12H2,1-2H3. The molecule has 1 aromatic carbocycles. The van der Waals surface area contributed by atoms with Crippen molar-refractivity contribution in [2.24, 2.45) is 7.05 Å². The number of hydrogen-bond acceptors (Lipinski definition) is 6. The van der Waals surface area contributed by atoms with Crippen LogP contribution in [0.3, 0.4) is 0 Å².